The van der Waals surface area contributed by atoms with Crippen LogP contribution in [0.1, 0.15) is 46.0 Å². The lowest BCUT2D eigenvalue weighted by molar-refractivity contribution is 0.765. The Kier molecular flexibility index (Phi) is 10.5. The van der Waals surface area contributed by atoms with Crippen LogP contribution in [0.15, 0.2) is 0 Å². The van der Waals surface area contributed by atoms with E-state index in [-0.39, 0.29) is 0 Å². The van der Waals surface area contributed by atoms with E-state index in [1.54, 1.807) is 9.10 Å². The van der Waals surface area contributed by atoms with Gasteiger partial charge in [-0.25, -0.2) is 0 Å². The maximum Gasteiger partial charge on any atom is 0.364 e. The van der Waals surface area contributed by atoms with Gasteiger partial charge in [-0.05, 0) is 0 Å². The predicted octanol–water partition coefficient (Wildman–Crippen LogP) is 3.52. The highest BCUT2D eigenvalue weighted by atomic mass is 24.5. The smallest absolute Gasteiger partial charge is 0.146 e. The Labute approximate surface area is 75.5 Å². The first-order valence-corrected chi connectivity index (χ1v) is 6.91. The Hall–Kier alpha value is 0.766. The molecule has 0 aromatic heterocycles. The van der Waals surface area contributed by atoms with E-state index in [1.807, 2.05) is 0 Å². The summed E-state index contributed by atoms with van der Waals surface area (Å²) in [7, 11) is 0. The largest absolute Gasteiger partial charge is 0.364 e. The van der Waals surface area contributed by atoms with E-state index in [1.165, 1.54) is 32.1 Å². The predicted molar refractivity (Wildman–Crippen MR) is 49.8 cm³/mol. The standard InChI is InChI=1S/C5H11.C4H9.Mg/c1-3-5-4-2;1-3-4-2;/h1,3-5H2,2H3;1,3-4H2,2H3;. The lowest BCUT2D eigenvalue weighted by atomic mass is 10.3. The van der Waals surface area contributed by atoms with Crippen LogP contribution >= 0.6 is 0 Å². The third-order valence-corrected chi connectivity index (χ3v) is 3.96. The summed E-state index contributed by atoms with van der Waals surface area (Å²) in [5, 5.41) is 0. The van der Waals surface area contributed by atoms with Crippen molar-refractivity contribution in [3.8, 4) is 0 Å². The first kappa shape index (κ1) is 10.8. The van der Waals surface area contributed by atoms with E-state index in [0.717, 1.165) is 0 Å². The molecule has 0 aliphatic carbocycles. The molecule has 0 spiro atoms. The molecule has 0 atom stereocenters. The molecule has 0 aromatic carbocycles. The summed E-state index contributed by atoms with van der Waals surface area (Å²) in [5.41, 5.74) is 0. The normalized spacial score (nSPS) is 9.40. The third kappa shape index (κ3) is 8.77. The van der Waals surface area contributed by atoms with Crippen molar-refractivity contribution in [2.24, 2.45) is 0 Å². The molecule has 0 amide bonds. The maximum atomic E-state index is 2.29. The highest BCUT2D eigenvalue weighted by Crippen LogP contribution is 2.02. The van der Waals surface area contributed by atoms with E-state index in [4.69, 9.17) is 0 Å². The van der Waals surface area contributed by atoms with Crippen LogP contribution in [0.5, 0.6) is 0 Å². The Bertz CT molecular complexity index is 44.7. The zero-order valence-corrected chi connectivity index (χ0v) is 9.07. The average Bonchev–Trinajstić information content (AvgIpc) is 1.97. The fourth-order valence-electron chi connectivity index (χ4n) is 1.21. The molecule has 0 radical (unpaired) electrons. The molecule has 0 aliphatic rings. The van der Waals surface area contributed by atoms with Gasteiger partial charge in [0.25, 0.3) is 0 Å². The molecule has 0 heterocycles. The Morgan fingerprint density at radius 2 is 1.40 bits per heavy atom. The van der Waals surface area contributed by atoms with Gasteiger partial charge in [0, 0.05) is 0 Å². The van der Waals surface area contributed by atoms with Crippen LogP contribution < -0.4 is 0 Å². The van der Waals surface area contributed by atoms with E-state index in [2.05, 4.69) is 13.8 Å². The molecule has 0 rings (SSSR count). The van der Waals surface area contributed by atoms with Crippen LogP contribution in [0.3, 0.4) is 0 Å². The van der Waals surface area contributed by atoms with E-state index < -0.39 is 0 Å². The molecule has 0 unspecified atom stereocenters. The fourth-order valence-corrected chi connectivity index (χ4v) is 3.12. The Balaban J connectivity index is 2.65. The minimum Gasteiger partial charge on any atom is -0.146 e. The van der Waals surface area contributed by atoms with Gasteiger partial charge in [0.1, 0.15) is 0 Å². The molecule has 0 saturated heterocycles. The van der Waals surface area contributed by atoms with Crippen LogP contribution in [-0.2, 0) is 0 Å². The first-order chi connectivity index (χ1) is 4.91. The van der Waals surface area contributed by atoms with Crippen molar-refractivity contribution in [3.63, 3.8) is 0 Å². The van der Waals surface area contributed by atoms with Crippen molar-refractivity contribution in [2.45, 2.75) is 55.1 Å². The quantitative estimate of drug-likeness (QED) is 0.387. The molecular formula is C9H20Mg. The van der Waals surface area contributed by atoms with Crippen LogP contribution in [-0.4, -0.2) is 20.4 Å². The summed E-state index contributed by atoms with van der Waals surface area (Å²) in [4.78, 5) is 0. The molecule has 0 saturated carbocycles. The maximum absolute atomic E-state index is 2.29. The fraction of sp³-hybridized carbons (Fsp3) is 1.00. The van der Waals surface area contributed by atoms with E-state index in [0.29, 0.717) is 20.4 Å². The lowest BCUT2D eigenvalue weighted by Gasteiger charge is -1.95. The van der Waals surface area contributed by atoms with Crippen LogP contribution in [0, 0.1) is 0 Å². The summed E-state index contributed by atoms with van der Waals surface area (Å²) in [6.45, 7) is 4.58. The average molecular weight is 153 g/mol. The highest BCUT2D eigenvalue weighted by molar-refractivity contribution is 6.35. The van der Waals surface area contributed by atoms with Gasteiger partial charge < -0.3 is 0 Å². The van der Waals surface area contributed by atoms with Gasteiger partial charge in [-0.2, -0.15) is 0 Å². The second-order valence-electron chi connectivity index (χ2n) is 3.12. The van der Waals surface area contributed by atoms with Crippen LogP contribution in [0.4, 0.5) is 0 Å². The van der Waals surface area contributed by atoms with Gasteiger partial charge in [-0.15, -0.1) is 9.10 Å². The van der Waals surface area contributed by atoms with E-state index in [9.17, 15) is 0 Å². The molecule has 0 bridgehead atoms. The van der Waals surface area contributed by atoms with Gasteiger partial charge in [0.15, 0.2) is 0 Å². The molecule has 58 valence electrons. The third-order valence-electron chi connectivity index (χ3n) is 1.96. The summed E-state index contributed by atoms with van der Waals surface area (Å²) in [6.07, 6.45) is 7.28. The zero-order valence-electron chi connectivity index (χ0n) is 7.66. The minimum absolute atomic E-state index is 0.380. The van der Waals surface area contributed by atoms with Gasteiger partial charge in [-0.3, -0.25) is 0 Å². The SMILES string of the molecule is CCCC[CH2][Mg][CH2]CCC. The van der Waals surface area contributed by atoms with Gasteiger partial charge in [0.05, 0.1) is 0 Å². The first-order valence-electron chi connectivity index (χ1n) is 4.91. The van der Waals surface area contributed by atoms with Gasteiger partial charge in [-0.1, -0.05) is 46.0 Å². The molecule has 0 fully saturated rings. The zero-order chi connectivity index (χ0) is 7.66. The van der Waals surface area contributed by atoms with Crippen molar-refractivity contribution in [1.29, 1.82) is 0 Å². The molecular weight excluding hydrogens is 132 g/mol. The molecule has 10 heavy (non-hydrogen) atoms. The summed E-state index contributed by atoms with van der Waals surface area (Å²) in [5.74, 6) is 0. The summed E-state index contributed by atoms with van der Waals surface area (Å²) in [6, 6.07) is 0. The molecule has 0 N–H and O–H groups in total. The number of hydrogen-bond donors (Lipinski definition) is 0. The van der Waals surface area contributed by atoms with Crippen LogP contribution in [0.2, 0.25) is 9.10 Å². The Morgan fingerprint density at radius 1 is 0.800 bits per heavy atom. The minimum atomic E-state index is 0.380. The monoisotopic (exact) mass is 152 g/mol. The topological polar surface area (TPSA) is 0 Å². The number of hydrogen-bond acceptors (Lipinski definition) is 0. The van der Waals surface area contributed by atoms with Crippen molar-refractivity contribution in [2.75, 3.05) is 0 Å². The molecule has 1 heteroatoms. The van der Waals surface area contributed by atoms with Crippen molar-refractivity contribution in [3.05, 3.63) is 0 Å². The molecule has 0 nitrogen and oxygen atoms in total. The number of unbranched alkanes of at least 4 members (excludes halogenated alkanes) is 3. The summed E-state index contributed by atoms with van der Waals surface area (Å²) >= 11 is 0.380. The van der Waals surface area contributed by atoms with Crippen LogP contribution in [0.25, 0.3) is 0 Å². The summed E-state index contributed by atoms with van der Waals surface area (Å²) < 4.78 is 3.20. The Morgan fingerprint density at radius 3 is 2.00 bits per heavy atom. The number of rotatable bonds is 7. The molecule has 0 aliphatic heterocycles. The highest BCUT2D eigenvalue weighted by Gasteiger charge is 1.93. The van der Waals surface area contributed by atoms with Crippen molar-refractivity contribution in [1.82, 2.24) is 0 Å². The van der Waals surface area contributed by atoms with Gasteiger partial charge >= 0.3 is 20.4 Å². The second-order valence-corrected chi connectivity index (χ2v) is 5.24. The van der Waals surface area contributed by atoms with Crippen molar-refractivity contribution >= 4 is 20.4 Å². The molecule has 0 aromatic rings. The lowest BCUT2D eigenvalue weighted by Crippen LogP contribution is -1.88. The van der Waals surface area contributed by atoms with Crippen molar-refractivity contribution < 1.29 is 0 Å². The van der Waals surface area contributed by atoms with Gasteiger partial charge in [0.2, 0.25) is 0 Å². The van der Waals surface area contributed by atoms with E-state index >= 15 is 0 Å². The second kappa shape index (κ2) is 9.77.